The molecule has 0 heterocycles. The number of amides is 1. The van der Waals surface area contributed by atoms with Crippen molar-refractivity contribution in [2.45, 2.75) is 39.3 Å². The second kappa shape index (κ2) is 4.56. The summed E-state index contributed by atoms with van der Waals surface area (Å²) in [6, 6.07) is 5.30. The molecule has 0 spiro atoms. The number of nitrogens with one attached hydrogen (secondary N) is 1. The first-order chi connectivity index (χ1) is 8.30. The first-order valence-electron chi connectivity index (χ1n) is 6.07. The summed E-state index contributed by atoms with van der Waals surface area (Å²) in [5.41, 5.74) is 1.27. The van der Waals surface area contributed by atoms with Gasteiger partial charge in [0.2, 0.25) is 0 Å². The SMILES string of the molecule is Cc1cc(Cl)cc(C(=O)NC2CC(O)C2(C)C)c1. The number of hydrogen-bond acceptors (Lipinski definition) is 2. The first kappa shape index (κ1) is 13.4. The predicted octanol–water partition coefficient (Wildman–Crippen LogP) is 2.54. The quantitative estimate of drug-likeness (QED) is 0.865. The Morgan fingerprint density at radius 2 is 2.11 bits per heavy atom. The molecule has 1 amide bonds. The molecule has 0 radical (unpaired) electrons. The molecule has 3 nitrogen and oxygen atoms in total. The van der Waals surface area contributed by atoms with Crippen molar-refractivity contribution >= 4 is 17.5 Å². The molecule has 0 aliphatic heterocycles. The molecule has 1 aliphatic carbocycles. The minimum atomic E-state index is -0.344. The summed E-state index contributed by atoms with van der Waals surface area (Å²) in [5, 5.41) is 13.2. The van der Waals surface area contributed by atoms with Crippen molar-refractivity contribution in [1.82, 2.24) is 5.32 Å². The molecule has 1 aliphatic rings. The Hall–Kier alpha value is -1.06. The van der Waals surface area contributed by atoms with Gasteiger partial charge >= 0.3 is 0 Å². The van der Waals surface area contributed by atoms with Crippen LogP contribution in [0.15, 0.2) is 18.2 Å². The molecule has 0 aromatic heterocycles. The highest BCUT2D eigenvalue weighted by Gasteiger charge is 2.47. The fourth-order valence-corrected chi connectivity index (χ4v) is 2.55. The molecule has 1 saturated carbocycles. The lowest BCUT2D eigenvalue weighted by atomic mass is 9.64. The number of benzene rings is 1. The summed E-state index contributed by atoms with van der Waals surface area (Å²) in [7, 11) is 0. The number of aliphatic hydroxyl groups is 1. The summed E-state index contributed by atoms with van der Waals surface area (Å²) in [6.45, 7) is 5.81. The number of aryl methyl sites for hydroxylation is 1. The molecule has 98 valence electrons. The minimum absolute atomic E-state index is 0.0132. The second-order valence-corrected chi connectivity index (χ2v) is 6.05. The fourth-order valence-electron chi connectivity index (χ4n) is 2.26. The Morgan fingerprint density at radius 3 is 2.61 bits per heavy atom. The van der Waals surface area contributed by atoms with E-state index in [9.17, 15) is 9.90 Å². The van der Waals surface area contributed by atoms with E-state index < -0.39 is 0 Å². The average Bonchev–Trinajstić information content (AvgIpc) is 2.27. The van der Waals surface area contributed by atoms with Gasteiger partial charge in [-0.15, -0.1) is 0 Å². The van der Waals surface area contributed by atoms with Crippen LogP contribution in [-0.4, -0.2) is 23.2 Å². The normalized spacial score (nSPS) is 25.4. The average molecular weight is 268 g/mol. The molecule has 0 bridgehead atoms. The van der Waals surface area contributed by atoms with Crippen LogP contribution in [0.5, 0.6) is 0 Å². The molecule has 2 N–H and O–H groups in total. The standard InChI is InChI=1S/C14H18ClNO2/c1-8-4-9(6-10(15)5-8)13(18)16-11-7-12(17)14(11,2)3/h4-6,11-12,17H,7H2,1-3H3,(H,16,18). The van der Waals surface area contributed by atoms with Crippen molar-refractivity contribution in [3.8, 4) is 0 Å². The van der Waals surface area contributed by atoms with E-state index in [1.54, 1.807) is 6.07 Å². The zero-order valence-electron chi connectivity index (χ0n) is 10.8. The monoisotopic (exact) mass is 267 g/mol. The lowest BCUT2D eigenvalue weighted by Crippen LogP contribution is -2.61. The van der Waals surface area contributed by atoms with Crippen molar-refractivity contribution in [1.29, 1.82) is 0 Å². The molecule has 1 aromatic carbocycles. The first-order valence-corrected chi connectivity index (χ1v) is 6.44. The molecular weight excluding hydrogens is 250 g/mol. The zero-order valence-corrected chi connectivity index (χ0v) is 11.6. The third-order valence-electron chi connectivity index (χ3n) is 3.83. The minimum Gasteiger partial charge on any atom is -0.392 e. The third-order valence-corrected chi connectivity index (χ3v) is 4.04. The van der Waals surface area contributed by atoms with Gasteiger partial charge in [-0.3, -0.25) is 4.79 Å². The van der Waals surface area contributed by atoms with Gasteiger partial charge in [0.05, 0.1) is 6.10 Å². The Bertz CT molecular complexity index is 464. The van der Waals surface area contributed by atoms with Crippen LogP contribution in [0.25, 0.3) is 0 Å². The molecule has 2 rings (SSSR count). The second-order valence-electron chi connectivity index (χ2n) is 5.62. The maximum atomic E-state index is 12.1. The molecule has 4 heteroatoms. The predicted molar refractivity (Wildman–Crippen MR) is 71.8 cm³/mol. The van der Waals surface area contributed by atoms with E-state index in [0.717, 1.165) is 5.56 Å². The van der Waals surface area contributed by atoms with Crippen LogP contribution < -0.4 is 5.32 Å². The summed E-state index contributed by atoms with van der Waals surface area (Å²) in [5.74, 6) is -0.134. The number of hydrogen-bond donors (Lipinski definition) is 2. The largest absolute Gasteiger partial charge is 0.392 e. The van der Waals surface area contributed by atoms with Crippen LogP contribution in [0.3, 0.4) is 0 Å². The number of carbonyl (C=O) groups is 1. The maximum absolute atomic E-state index is 12.1. The lowest BCUT2D eigenvalue weighted by molar-refractivity contribution is -0.0689. The molecule has 2 unspecified atom stereocenters. The van der Waals surface area contributed by atoms with Crippen molar-refractivity contribution in [2.24, 2.45) is 5.41 Å². The van der Waals surface area contributed by atoms with Gasteiger partial charge in [-0.2, -0.15) is 0 Å². The number of rotatable bonds is 2. The molecular formula is C14H18ClNO2. The van der Waals surface area contributed by atoms with Gasteiger partial charge in [-0.05, 0) is 37.1 Å². The summed E-state index contributed by atoms with van der Waals surface area (Å²) < 4.78 is 0. The van der Waals surface area contributed by atoms with Gasteiger partial charge in [0, 0.05) is 22.0 Å². The molecule has 1 fully saturated rings. The van der Waals surface area contributed by atoms with Gasteiger partial charge in [0.25, 0.3) is 5.91 Å². The van der Waals surface area contributed by atoms with Gasteiger partial charge in [0.15, 0.2) is 0 Å². The van der Waals surface area contributed by atoms with Crippen LogP contribution in [0.4, 0.5) is 0 Å². The summed E-state index contributed by atoms with van der Waals surface area (Å²) >= 11 is 5.94. The third kappa shape index (κ3) is 2.38. The van der Waals surface area contributed by atoms with E-state index in [1.165, 1.54) is 0 Å². The van der Waals surface area contributed by atoms with Crippen molar-refractivity contribution in [2.75, 3.05) is 0 Å². The molecule has 2 atom stereocenters. The van der Waals surface area contributed by atoms with Gasteiger partial charge < -0.3 is 10.4 Å². The van der Waals surface area contributed by atoms with Crippen LogP contribution in [0.2, 0.25) is 5.02 Å². The fraction of sp³-hybridized carbons (Fsp3) is 0.500. The van der Waals surface area contributed by atoms with Crippen LogP contribution in [-0.2, 0) is 0 Å². The lowest BCUT2D eigenvalue weighted by Gasteiger charge is -2.49. The number of carbonyl (C=O) groups excluding carboxylic acids is 1. The Morgan fingerprint density at radius 1 is 1.44 bits per heavy atom. The van der Waals surface area contributed by atoms with Crippen molar-refractivity contribution < 1.29 is 9.90 Å². The van der Waals surface area contributed by atoms with E-state index in [-0.39, 0.29) is 23.5 Å². The highest BCUT2D eigenvalue weighted by Crippen LogP contribution is 2.40. The van der Waals surface area contributed by atoms with Crippen LogP contribution >= 0.6 is 11.6 Å². The zero-order chi connectivity index (χ0) is 13.5. The summed E-state index contributed by atoms with van der Waals surface area (Å²) in [6.07, 6.45) is 0.266. The van der Waals surface area contributed by atoms with Gasteiger partial charge in [0.1, 0.15) is 0 Å². The summed E-state index contributed by atoms with van der Waals surface area (Å²) in [4.78, 5) is 12.1. The van der Waals surface area contributed by atoms with Gasteiger partial charge in [-0.25, -0.2) is 0 Å². The number of aliphatic hydroxyl groups excluding tert-OH is 1. The van der Waals surface area contributed by atoms with E-state index in [0.29, 0.717) is 17.0 Å². The van der Waals surface area contributed by atoms with Crippen LogP contribution in [0, 0.1) is 12.3 Å². The Labute approximate surface area is 112 Å². The van der Waals surface area contributed by atoms with E-state index in [1.807, 2.05) is 32.9 Å². The van der Waals surface area contributed by atoms with E-state index in [2.05, 4.69) is 5.32 Å². The highest BCUT2D eigenvalue weighted by atomic mass is 35.5. The Kier molecular flexibility index (Phi) is 3.39. The smallest absolute Gasteiger partial charge is 0.251 e. The van der Waals surface area contributed by atoms with Crippen LogP contribution in [0.1, 0.15) is 36.2 Å². The Balaban J connectivity index is 2.09. The molecule has 0 saturated heterocycles. The molecule has 1 aromatic rings. The van der Waals surface area contributed by atoms with E-state index in [4.69, 9.17) is 11.6 Å². The van der Waals surface area contributed by atoms with E-state index >= 15 is 0 Å². The maximum Gasteiger partial charge on any atom is 0.251 e. The topological polar surface area (TPSA) is 49.3 Å². The molecule has 18 heavy (non-hydrogen) atoms. The van der Waals surface area contributed by atoms with Crippen molar-refractivity contribution in [3.05, 3.63) is 34.3 Å². The highest BCUT2D eigenvalue weighted by molar-refractivity contribution is 6.31. The van der Waals surface area contributed by atoms with Crippen molar-refractivity contribution in [3.63, 3.8) is 0 Å². The number of halogens is 1. The van der Waals surface area contributed by atoms with Gasteiger partial charge in [-0.1, -0.05) is 25.4 Å².